The zero-order chi connectivity index (χ0) is 12.1. The van der Waals surface area contributed by atoms with Crippen LogP contribution in [0.15, 0.2) is 22.7 Å². The van der Waals surface area contributed by atoms with Crippen LogP contribution in [0.3, 0.4) is 0 Å². The fourth-order valence-corrected chi connectivity index (χ4v) is 2.52. The van der Waals surface area contributed by atoms with E-state index in [0.29, 0.717) is 11.7 Å². The Morgan fingerprint density at radius 1 is 1.65 bits per heavy atom. The van der Waals surface area contributed by atoms with Gasteiger partial charge in [-0.2, -0.15) is 0 Å². The number of aromatic amines is 1. The van der Waals surface area contributed by atoms with Gasteiger partial charge in [-0.1, -0.05) is 17.8 Å². The van der Waals surface area contributed by atoms with E-state index in [4.69, 9.17) is 0 Å². The van der Waals surface area contributed by atoms with E-state index < -0.39 is 0 Å². The van der Waals surface area contributed by atoms with Crippen LogP contribution < -0.4 is 5.32 Å². The Morgan fingerprint density at radius 3 is 3.24 bits per heavy atom. The van der Waals surface area contributed by atoms with E-state index in [2.05, 4.69) is 20.5 Å². The second kappa shape index (κ2) is 5.83. The molecule has 2 aromatic heterocycles. The smallest absolute Gasteiger partial charge is 0.216 e. The Morgan fingerprint density at radius 2 is 2.53 bits per heavy atom. The Balaban J connectivity index is 1.84. The lowest BCUT2D eigenvalue weighted by atomic mass is 10.4. The molecule has 0 radical (unpaired) electrons. The molecule has 0 bridgehead atoms. The highest BCUT2D eigenvalue weighted by molar-refractivity contribution is 7.99. The summed E-state index contributed by atoms with van der Waals surface area (Å²) in [5, 5.41) is 12.4. The summed E-state index contributed by atoms with van der Waals surface area (Å²) in [6.07, 6.45) is 0. The van der Waals surface area contributed by atoms with Crippen molar-refractivity contribution in [2.45, 2.75) is 12.1 Å². The van der Waals surface area contributed by atoms with Crippen LogP contribution in [0.1, 0.15) is 6.92 Å². The van der Waals surface area contributed by atoms with Gasteiger partial charge in [-0.25, -0.2) is 4.98 Å². The third-order valence-electron chi connectivity index (χ3n) is 1.93. The van der Waals surface area contributed by atoms with Crippen LogP contribution in [0, 0.1) is 0 Å². The maximum Gasteiger partial charge on any atom is 0.216 e. The molecule has 90 valence electrons. The quantitative estimate of drug-likeness (QED) is 0.640. The molecule has 0 aliphatic heterocycles. The SMILES string of the molecule is CC(=O)NCCSc1n[nH]c(-c2cccs2)n1. The predicted octanol–water partition coefficient (Wildman–Crippen LogP) is 1.76. The molecule has 0 fully saturated rings. The number of hydrogen-bond acceptors (Lipinski definition) is 5. The van der Waals surface area contributed by atoms with Gasteiger partial charge in [0.05, 0.1) is 4.88 Å². The number of thiophene rings is 1. The van der Waals surface area contributed by atoms with Crippen LogP contribution >= 0.6 is 23.1 Å². The van der Waals surface area contributed by atoms with Crippen molar-refractivity contribution in [3.63, 3.8) is 0 Å². The summed E-state index contributed by atoms with van der Waals surface area (Å²) in [5.74, 6) is 1.54. The second-order valence-electron chi connectivity index (χ2n) is 3.28. The van der Waals surface area contributed by atoms with E-state index in [0.717, 1.165) is 16.5 Å². The van der Waals surface area contributed by atoms with Crippen molar-refractivity contribution < 1.29 is 4.79 Å². The van der Waals surface area contributed by atoms with Gasteiger partial charge in [-0.05, 0) is 11.4 Å². The molecule has 0 aliphatic carbocycles. The van der Waals surface area contributed by atoms with E-state index >= 15 is 0 Å². The van der Waals surface area contributed by atoms with Gasteiger partial charge < -0.3 is 5.32 Å². The molecule has 1 amide bonds. The van der Waals surface area contributed by atoms with Crippen molar-refractivity contribution in [2.75, 3.05) is 12.3 Å². The van der Waals surface area contributed by atoms with Crippen molar-refractivity contribution in [3.8, 4) is 10.7 Å². The summed E-state index contributed by atoms with van der Waals surface area (Å²) in [5.41, 5.74) is 0. The summed E-state index contributed by atoms with van der Waals surface area (Å²) in [4.78, 5) is 16.1. The largest absolute Gasteiger partial charge is 0.356 e. The normalized spacial score (nSPS) is 10.4. The highest BCUT2D eigenvalue weighted by Crippen LogP contribution is 2.22. The average Bonchev–Trinajstić information content (AvgIpc) is 2.94. The summed E-state index contributed by atoms with van der Waals surface area (Å²) >= 11 is 3.14. The fraction of sp³-hybridized carbons (Fsp3) is 0.300. The van der Waals surface area contributed by atoms with Crippen LogP contribution in [-0.2, 0) is 4.79 Å². The third-order valence-corrected chi connectivity index (χ3v) is 3.65. The lowest BCUT2D eigenvalue weighted by Crippen LogP contribution is -2.22. The van der Waals surface area contributed by atoms with Gasteiger partial charge >= 0.3 is 0 Å². The lowest BCUT2D eigenvalue weighted by Gasteiger charge is -1.98. The Bertz CT molecular complexity index is 480. The van der Waals surface area contributed by atoms with Crippen LogP contribution in [0.25, 0.3) is 10.7 Å². The highest BCUT2D eigenvalue weighted by Gasteiger charge is 2.06. The number of thioether (sulfide) groups is 1. The monoisotopic (exact) mass is 268 g/mol. The van der Waals surface area contributed by atoms with Crippen molar-refractivity contribution in [2.24, 2.45) is 0 Å². The van der Waals surface area contributed by atoms with Crippen molar-refractivity contribution in [1.29, 1.82) is 0 Å². The van der Waals surface area contributed by atoms with Crippen LogP contribution in [0.5, 0.6) is 0 Å². The maximum absolute atomic E-state index is 10.7. The standard InChI is InChI=1S/C10H12N4OS2/c1-7(15)11-4-6-17-10-12-9(13-14-10)8-3-2-5-16-8/h2-3,5H,4,6H2,1H3,(H,11,15)(H,12,13,14). The molecular weight excluding hydrogens is 256 g/mol. The maximum atomic E-state index is 10.7. The first-order chi connectivity index (χ1) is 8.25. The Hall–Kier alpha value is -1.34. The van der Waals surface area contributed by atoms with Gasteiger partial charge in [0, 0.05) is 19.2 Å². The van der Waals surface area contributed by atoms with Gasteiger partial charge in [0.15, 0.2) is 5.82 Å². The van der Waals surface area contributed by atoms with E-state index in [9.17, 15) is 4.79 Å². The zero-order valence-corrected chi connectivity index (χ0v) is 10.9. The Labute approximate surface area is 107 Å². The molecule has 2 rings (SSSR count). The molecule has 7 heteroatoms. The molecule has 2 aromatic rings. The molecule has 0 saturated heterocycles. The predicted molar refractivity (Wildman–Crippen MR) is 69.1 cm³/mol. The molecular formula is C10H12N4OS2. The second-order valence-corrected chi connectivity index (χ2v) is 5.29. The first kappa shape index (κ1) is 12.1. The van der Waals surface area contributed by atoms with E-state index in [1.54, 1.807) is 11.3 Å². The summed E-state index contributed by atoms with van der Waals surface area (Å²) < 4.78 is 0. The number of amides is 1. The minimum absolute atomic E-state index is 0.0140. The molecule has 17 heavy (non-hydrogen) atoms. The molecule has 2 N–H and O–H groups in total. The summed E-state index contributed by atoms with van der Waals surface area (Å²) in [6.45, 7) is 2.13. The van der Waals surface area contributed by atoms with Crippen LogP contribution in [0.4, 0.5) is 0 Å². The topological polar surface area (TPSA) is 70.7 Å². The number of nitrogens with zero attached hydrogens (tertiary/aromatic N) is 2. The number of hydrogen-bond donors (Lipinski definition) is 2. The van der Waals surface area contributed by atoms with Crippen molar-refractivity contribution in [1.82, 2.24) is 20.5 Å². The molecule has 0 spiro atoms. The zero-order valence-electron chi connectivity index (χ0n) is 9.27. The minimum atomic E-state index is -0.0140. The van der Waals surface area contributed by atoms with Gasteiger partial charge in [0.25, 0.3) is 0 Å². The average molecular weight is 268 g/mol. The van der Waals surface area contributed by atoms with Gasteiger partial charge in [0.2, 0.25) is 11.1 Å². The van der Waals surface area contributed by atoms with Gasteiger partial charge in [0.1, 0.15) is 0 Å². The van der Waals surface area contributed by atoms with Gasteiger partial charge in [-0.3, -0.25) is 9.89 Å². The Kier molecular flexibility index (Phi) is 4.16. The first-order valence-corrected chi connectivity index (χ1v) is 6.96. The molecule has 0 saturated carbocycles. The summed E-state index contributed by atoms with van der Waals surface area (Å²) in [7, 11) is 0. The molecule has 2 heterocycles. The molecule has 0 unspecified atom stereocenters. The highest BCUT2D eigenvalue weighted by atomic mass is 32.2. The third kappa shape index (κ3) is 3.57. The minimum Gasteiger partial charge on any atom is -0.356 e. The molecule has 0 aromatic carbocycles. The molecule has 0 atom stereocenters. The number of carbonyl (C=O) groups excluding carboxylic acids is 1. The number of rotatable bonds is 5. The van der Waals surface area contributed by atoms with Crippen LogP contribution in [-0.4, -0.2) is 33.4 Å². The molecule has 0 aliphatic rings. The summed E-state index contributed by atoms with van der Waals surface area (Å²) in [6, 6.07) is 3.98. The molecule has 5 nitrogen and oxygen atoms in total. The van der Waals surface area contributed by atoms with Gasteiger partial charge in [-0.15, -0.1) is 16.4 Å². The van der Waals surface area contributed by atoms with E-state index in [1.807, 2.05) is 17.5 Å². The van der Waals surface area contributed by atoms with E-state index in [1.165, 1.54) is 18.7 Å². The number of H-pyrrole nitrogens is 1. The fourth-order valence-electron chi connectivity index (χ4n) is 1.20. The number of aromatic nitrogens is 3. The lowest BCUT2D eigenvalue weighted by molar-refractivity contribution is -0.118. The van der Waals surface area contributed by atoms with E-state index in [-0.39, 0.29) is 5.91 Å². The number of carbonyl (C=O) groups is 1. The number of nitrogens with one attached hydrogen (secondary N) is 2. The van der Waals surface area contributed by atoms with Crippen LogP contribution in [0.2, 0.25) is 0 Å². The first-order valence-electron chi connectivity index (χ1n) is 5.09. The van der Waals surface area contributed by atoms with Crippen molar-refractivity contribution in [3.05, 3.63) is 17.5 Å². The van der Waals surface area contributed by atoms with Crippen molar-refractivity contribution >= 4 is 29.0 Å².